The first kappa shape index (κ1) is 9.85. The van der Waals surface area contributed by atoms with E-state index in [9.17, 15) is 13.2 Å². The summed E-state index contributed by atoms with van der Waals surface area (Å²) in [6, 6.07) is 0.650. The predicted molar refractivity (Wildman–Crippen MR) is 43.1 cm³/mol. The van der Waals surface area contributed by atoms with Crippen LogP contribution in [0.2, 0.25) is 5.02 Å². The van der Waals surface area contributed by atoms with Gasteiger partial charge in [-0.15, -0.1) is 0 Å². The van der Waals surface area contributed by atoms with E-state index in [0.717, 1.165) is 0 Å². The van der Waals surface area contributed by atoms with Gasteiger partial charge in [-0.25, -0.2) is 13.2 Å². The number of nitrogens with zero attached hydrogens (tertiary/aromatic N) is 1. The standard InChI is InChI=1S/C7H4ClF3N2/c8-4-1-5(9)3(2-13-12)6(10)7(4)11/h1-2H,12H2. The average Bonchev–Trinajstić information content (AvgIpc) is 2.09. The smallest absolute Gasteiger partial charge is 0.178 e. The molecule has 1 rings (SSSR count). The lowest BCUT2D eigenvalue weighted by molar-refractivity contribution is 0.493. The first-order valence-electron chi connectivity index (χ1n) is 3.14. The predicted octanol–water partition coefficient (Wildman–Crippen LogP) is 2.05. The Morgan fingerprint density at radius 1 is 1.31 bits per heavy atom. The van der Waals surface area contributed by atoms with Crippen LogP contribution >= 0.6 is 11.6 Å². The molecule has 0 aliphatic heterocycles. The molecule has 0 radical (unpaired) electrons. The van der Waals surface area contributed by atoms with Crippen molar-refractivity contribution in [1.29, 1.82) is 0 Å². The van der Waals surface area contributed by atoms with Gasteiger partial charge in [0.2, 0.25) is 0 Å². The van der Waals surface area contributed by atoms with E-state index in [1.807, 2.05) is 0 Å². The van der Waals surface area contributed by atoms with Crippen LogP contribution in [-0.2, 0) is 0 Å². The van der Waals surface area contributed by atoms with E-state index < -0.39 is 28.0 Å². The molecule has 0 amide bonds. The van der Waals surface area contributed by atoms with Crippen molar-refractivity contribution in [2.45, 2.75) is 0 Å². The zero-order valence-electron chi connectivity index (χ0n) is 6.19. The molecule has 0 unspecified atom stereocenters. The molecule has 0 aromatic heterocycles. The molecule has 70 valence electrons. The minimum absolute atomic E-state index is 0.621. The van der Waals surface area contributed by atoms with E-state index in [0.29, 0.717) is 12.3 Å². The second-order valence-corrected chi connectivity index (χ2v) is 2.57. The Kier molecular flexibility index (Phi) is 2.77. The first-order valence-corrected chi connectivity index (χ1v) is 3.52. The van der Waals surface area contributed by atoms with Gasteiger partial charge in [0.15, 0.2) is 11.6 Å². The SMILES string of the molecule is NN=Cc1c(F)cc(Cl)c(F)c1F. The van der Waals surface area contributed by atoms with Crippen LogP contribution in [-0.4, -0.2) is 6.21 Å². The van der Waals surface area contributed by atoms with Crippen molar-refractivity contribution in [2.75, 3.05) is 0 Å². The Bertz CT molecular complexity index is 365. The van der Waals surface area contributed by atoms with E-state index in [4.69, 9.17) is 11.6 Å². The summed E-state index contributed by atoms with van der Waals surface area (Å²) in [7, 11) is 0. The van der Waals surface area contributed by atoms with Crippen LogP contribution in [0, 0.1) is 17.5 Å². The lowest BCUT2D eigenvalue weighted by Crippen LogP contribution is -2.00. The van der Waals surface area contributed by atoms with Gasteiger partial charge in [-0.2, -0.15) is 5.10 Å². The maximum Gasteiger partial charge on any atom is 0.178 e. The Morgan fingerprint density at radius 3 is 2.46 bits per heavy atom. The average molecular weight is 209 g/mol. The van der Waals surface area contributed by atoms with Crippen molar-refractivity contribution in [3.63, 3.8) is 0 Å². The van der Waals surface area contributed by atoms with Crippen LogP contribution in [0.4, 0.5) is 13.2 Å². The van der Waals surface area contributed by atoms with Crippen LogP contribution in [0.5, 0.6) is 0 Å². The molecule has 6 heteroatoms. The number of nitrogens with two attached hydrogens (primary N) is 1. The Morgan fingerprint density at radius 2 is 1.92 bits per heavy atom. The third-order valence-electron chi connectivity index (χ3n) is 1.35. The highest BCUT2D eigenvalue weighted by atomic mass is 35.5. The van der Waals surface area contributed by atoms with Crippen molar-refractivity contribution in [3.8, 4) is 0 Å². The van der Waals surface area contributed by atoms with E-state index in [1.165, 1.54) is 0 Å². The summed E-state index contributed by atoms with van der Waals surface area (Å²) < 4.78 is 38.4. The van der Waals surface area contributed by atoms with Crippen molar-refractivity contribution in [1.82, 2.24) is 0 Å². The quantitative estimate of drug-likeness (QED) is 0.248. The van der Waals surface area contributed by atoms with Crippen molar-refractivity contribution in [2.24, 2.45) is 10.9 Å². The fraction of sp³-hybridized carbons (Fsp3) is 0. The zero-order chi connectivity index (χ0) is 10.0. The second kappa shape index (κ2) is 3.66. The second-order valence-electron chi connectivity index (χ2n) is 2.16. The molecule has 0 aliphatic carbocycles. The van der Waals surface area contributed by atoms with Crippen LogP contribution in [0.3, 0.4) is 0 Å². The van der Waals surface area contributed by atoms with E-state index in [1.54, 1.807) is 0 Å². The summed E-state index contributed by atoms with van der Waals surface area (Å²) in [5.41, 5.74) is -0.649. The van der Waals surface area contributed by atoms with Gasteiger partial charge in [0.1, 0.15) is 5.82 Å². The Balaban J connectivity index is 3.43. The van der Waals surface area contributed by atoms with Gasteiger partial charge in [-0.1, -0.05) is 11.6 Å². The van der Waals surface area contributed by atoms with E-state index >= 15 is 0 Å². The number of hydrogen-bond donors (Lipinski definition) is 1. The number of benzene rings is 1. The number of rotatable bonds is 1. The minimum atomic E-state index is -1.40. The van der Waals surface area contributed by atoms with Gasteiger partial charge in [0, 0.05) is 0 Å². The highest BCUT2D eigenvalue weighted by molar-refractivity contribution is 6.30. The minimum Gasteiger partial charge on any atom is -0.323 e. The van der Waals surface area contributed by atoms with Gasteiger partial charge in [0.05, 0.1) is 16.8 Å². The normalized spacial score (nSPS) is 11.1. The molecule has 1 aromatic carbocycles. The number of hydrogen-bond acceptors (Lipinski definition) is 2. The molecule has 0 saturated heterocycles. The van der Waals surface area contributed by atoms with Gasteiger partial charge in [0.25, 0.3) is 0 Å². The number of halogens is 4. The first-order chi connectivity index (χ1) is 6.07. The zero-order valence-corrected chi connectivity index (χ0v) is 6.95. The molecular formula is C7H4ClF3N2. The Hall–Kier alpha value is -1.23. The molecule has 0 heterocycles. The van der Waals surface area contributed by atoms with Gasteiger partial charge < -0.3 is 5.84 Å². The highest BCUT2D eigenvalue weighted by Gasteiger charge is 2.15. The molecule has 0 bridgehead atoms. The monoisotopic (exact) mass is 208 g/mol. The summed E-state index contributed by atoms with van der Waals surface area (Å²) in [6.07, 6.45) is 0.671. The van der Waals surface area contributed by atoms with Crippen LogP contribution < -0.4 is 5.84 Å². The van der Waals surface area contributed by atoms with Crippen molar-refractivity contribution >= 4 is 17.8 Å². The maximum atomic E-state index is 12.9. The third kappa shape index (κ3) is 1.75. The van der Waals surface area contributed by atoms with Crippen molar-refractivity contribution in [3.05, 3.63) is 34.1 Å². The molecule has 2 N–H and O–H groups in total. The summed E-state index contributed by atoms with van der Waals surface area (Å²) in [5.74, 6) is 0.927. The topological polar surface area (TPSA) is 38.4 Å². The van der Waals surface area contributed by atoms with E-state index in [-0.39, 0.29) is 0 Å². The van der Waals surface area contributed by atoms with Gasteiger partial charge >= 0.3 is 0 Å². The molecule has 0 aliphatic rings. The third-order valence-corrected chi connectivity index (χ3v) is 1.63. The summed E-state index contributed by atoms with van der Waals surface area (Å²) in [6.45, 7) is 0. The molecule has 1 aromatic rings. The summed E-state index contributed by atoms with van der Waals surface area (Å²) >= 11 is 5.16. The van der Waals surface area contributed by atoms with Crippen LogP contribution in [0.1, 0.15) is 5.56 Å². The maximum absolute atomic E-state index is 12.9. The molecule has 0 atom stereocenters. The summed E-state index contributed by atoms with van der Waals surface area (Å²) in [5, 5.41) is 2.26. The Labute approximate surface area is 76.8 Å². The van der Waals surface area contributed by atoms with Gasteiger partial charge in [-0.3, -0.25) is 0 Å². The van der Waals surface area contributed by atoms with Gasteiger partial charge in [-0.05, 0) is 6.07 Å². The molecule has 13 heavy (non-hydrogen) atoms. The van der Waals surface area contributed by atoms with Crippen LogP contribution in [0.25, 0.3) is 0 Å². The van der Waals surface area contributed by atoms with Crippen molar-refractivity contribution < 1.29 is 13.2 Å². The molecular weight excluding hydrogens is 205 g/mol. The lowest BCUT2D eigenvalue weighted by Gasteiger charge is -2.01. The van der Waals surface area contributed by atoms with E-state index in [2.05, 4.69) is 10.9 Å². The molecule has 0 fully saturated rings. The largest absolute Gasteiger partial charge is 0.323 e. The summed E-state index contributed by atoms with van der Waals surface area (Å²) in [4.78, 5) is 0. The molecule has 0 saturated carbocycles. The molecule has 2 nitrogen and oxygen atoms in total. The molecule has 0 spiro atoms. The fourth-order valence-corrected chi connectivity index (χ4v) is 0.952. The fourth-order valence-electron chi connectivity index (χ4n) is 0.773. The lowest BCUT2D eigenvalue weighted by atomic mass is 10.2. The van der Waals surface area contributed by atoms with Crippen LogP contribution in [0.15, 0.2) is 11.2 Å². The highest BCUT2D eigenvalue weighted by Crippen LogP contribution is 2.22. The number of hydrazone groups is 1.